The summed E-state index contributed by atoms with van der Waals surface area (Å²) in [4.78, 5) is 21.4. The fourth-order valence-electron chi connectivity index (χ4n) is 4.19. The molecule has 0 bridgehead atoms. The van der Waals surface area contributed by atoms with Gasteiger partial charge in [-0.3, -0.25) is 9.69 Å². The van der Waals surface area contributed by atoms with E-state index in [1.807, 2.05) is 48.8 Å². The predicted molar refractivity (Wildman–Crippen MR) is 147 cm³/mol. The molecular formula is C25H30ClN5O5S. The number of hydrogen-bond acceptors (Lipinski definition) is 7. The van der Waals surface area contributed by atoms with Gasteiger partial charge in [-0.15, -0.1) is 12.4 Å². The summed E-state index contributed by atoms with van der Waals surface area (Å²) in [6.07, 6.45) is 0.271. The van der Waals surface area contributed by atoms with E-state index >= 15 is 0 Å². The average Bonchev–Trinajstić information content (AvgIpc) is 3.13. The van der Waals surface area contributed by atoms with Crippen LogP contribution in [0.5, 0.6) is 11.8 Å². The van der Waals surface area contributed by atoms with Crippen LogP contribution in [0.1, 0.15) is 6.42 Å². The Balaban J connectivity index is 0.00000380. The molecule has 4 aromatic rings. The van der Waals surface area contributed by atoms with Gasteiger partial charge < -0.3 is 18.9 Å². The molecule has 0 atom stereocenters. The van der Waals surface area contributed by atoms with Crippen molar-refractivity contribution >= 4 is 61.5 Å². The number of carbonyl (C=O) groups excluding carboxylic acids is 1. The molecule has 2 heterocycles. The Kier molecular flexibility index (Phi) is 8.33. The fourth-order valence-corrected chi connectivity index (χ4v) is 4.73. The molecule has 1 amide bonds. The van der Waals surface area contributed by atoms with Gasteiger partial charge in [0.15, 0.2) is 0 Å². The number of nitrogens with two attached hydrogens (primary N) is 1. The summed E-state index contributed by atoms with van der Waals surface area (Å²) in [6.45, 7) is 0.563. The van der Waals surface area contributed by atoms with Crippen molar-refractivity contribution in [3.05, 3.63) is 48.5 Å². The van der Waals surface area contributed by atoms with Gasteiger partial charge in [-0.1, -0.05) is 6.07 Å². The third-order valence-electron chi connectivity index (χ3n) is 6.03. The van der Waals surface area contributed by atoms with E-state index in [-0.39, 0.29) is 35.5 Å². The number of sulfonamides is 1. The maximum Gasteiger partial charge on any atom is 0.241 e. The van der Waals surface area contributed by atoms with E-state index in [4.69, 9.17) is 14.6 Å². The molecule has 0 aliphatic rings. The van der Waals surface area contributed by atoms with Gasteiger partial charge in [-0.2, -0.15) is 4.98 Å². The van der Waals surface area contributed by atoms with Gasteiger partial charge in [0.2, 0.25) is 27.7 Å². The summed E-state index contributed by atoms with van der Waals surface area (Å²) in [7, 11) is 4.86. The Morgan fingerprint density at radius 3 is 2.35 bits per heavy atom. The molecule has 4 rings (SSSR count). The minimum Gasteiger partial charge on any atom is -0.481 e. The molecule has 2 aromatic carbocycles. The van der Waals surface area contributed by atoms with Crippen LogP contribution in [0.25, 0.3) is 21.8 Å². The van der Waals surface area contributed by atoms with E-state index in [1.165, 1.54) is 20.3 Å². The number of aryl methyl sites for hydroxylation is 1. The smallest absolute Gasteiger partial charge is 0.241 e. The maximum atomic E-state index is 13.5. The van der Waals surface area contributed by atoms with Crippen molar-refractivity contribution in [3.63, 3.8) is 0 Å². The summed E-state index contributed by atoms with van der Waals surface area (Å²) in [5.74, 6) is 0.483. The van der Waals surface area contributed by atoms with Crippen LogP contribution in [0.15, 0.2) is 53.4 Å². The van der Waals surface area contributed by atoms with Crippen LogP contribution in [0.4, 0.5) is 11.4 Å². The number of aromatic nitrogens is 2. The molecule has 0 fully saturated rings. The van der Waals surface area contributed by atoms with Crippen molar-refractivity contribution in [2.45, 2.75) is 11.3 Å². The van der Waals surface area contributed by atoms with Crippen LogP contribution in [-0.4, -0.2) is 63.6 Å². The van der Waals surface area contributed by atoms with Crippen LogP contribution in [-0.2, 0) is 21.9 Å². The van der Waals surface area contributed by atoms with Gasteiger partial charge in [0.05, 0.1) is 30.3 Å². The third-order valence-corrected chi connectivity index (χ3v) is 6.94. The number of halogens is 1. The lowest BCUT2D eigenvalue weighted by atomic mass is 10.1. The minimum atomic E-state index is -3.85. The first-order valence-electron chi connectivity index (χ1n) is 11.2. The number of benzene rings is 2. The minimum absolute atomic E-state index is 0. The molecular weight excluding hydrogens is 518 g/mol. The largest absolute Gasteiger partial charge is 0.481 e. The topological polar surface area (TPSA) is 120 Å². The lowest BCUT2D eigenvalue weighted by Gasteiger charge is -2.25. The Labute approximate surface area is 222 Å². The molecule has 0 saturated carbocycles. The number of hydrogen-bond donors (Lipinski definition) is 1. The molecule has 0 unspecified atom stereocenters. The highest BCUT2D eigenvalue weighted by Gasteiger charge is 2.24. The number of nitrogens with zero attached hydrogens (tertiary/aromatic N) is 4. The number of pyridine rings is 1. The summed E-state index contributed by atoms with van der Waals surface area (Å²) in [6, 6.07) is 13.8. The number of carbonyl (C=O) groups is 1. The number of methoxy groups -OCH3 is 2. The van der Waals surface area contributed by atoms with Crippen LogP contribution in [0, 0.1) is 0 Å². The lowest BCUT2D eigenvalue weighted by molar-refractivity contribution is -0.118. The monoisotopic (exact) mass is 547 g/mol. The number of ether oxygens (including phenoxy) is 2. The molecule has 37 heavy (non-hydrogen) atoms. The van der Waals surface area contributed by atoms with Gasteiger partial charge in [-0.05, 0) is 50.5 Å². The van der Waals surface area contributed by atoms with Crippen molar-refractivity contribution in [2.24, 2.45) is 12.2 Å². The number of amides is 1. The second-order valence-corrected chi connectivity index (χ2v) is 10.2. The van der Waals surface area contributed by atoms with Gasteiger partial charge >= 0.3 is 0 Å². The lowest BCUT2D eigenvalue weighted by Crippen LogP contribution is -2.29. The summed E-state index contributed by atoms with van der Waals surface area (Å²) < 4.78 is 36.5. The molecule has 2 N–H and O–H groups in total. The molecule has 0 aliphatic heterocycles. The SMILES string of the molecule is COc1ccc(N(C(=O)CCN(C)C)c2ccc3c4cc(S(N)(=O)=O)ccc4n(C)c3c2)c(OC)n1.Cl. The van der Waals surface area contributed by atoms with Crippen molar-refractivity contribution in [1.29, 1.82) is 0 Å². The molecule has 12 heteroatoms. The van der Waals surface area contributed by atoms with E-state index in [1.54, 1.807) is 29.2 Å². The van der Waals surface area contributed by atoms with Crippen molar-refractivity contribution in [3.8, 4) is 11.8 Å². The Morgan fingerprint density at radius 1 is 1.00 bits per heavy atom. The molecule has 0 saturated heterocycles. The zero-order valence-electron chi connectivity index (χ0n) is 21.3. The second-order valence-electron chi connectivity index (χ2n) is 8.65. The first-order chi connectivity index (χ1) is 17.0. The van der Waals surface area contributed by atoms with Gasteiger partial charge in [0, 0.05) is 42.4 Å². The van der Waals surface area contributed by atoms with Crippen molar-refractivity contribution in [1.82, 2.24) is 14.5 Å². The number of primary sulfonamides is 1. The zero-order chi connectivity index (χ0) is 26.2. The molecule has 2 aromatic heterocycles. The van der Waals surface area contributed by atoms with E-state index in [9.17, 15) is 13.2 Å². The van der Waals surface area contributed by atoms with Crippen LogP contribution in [0.2, 0.25) is 0 Å². The number of rotatable bonds is 8. The van der Waals surface area contributed by atoms with Crippen molar-refractivity contribution < 1.29 is 22.7 Å². The van der Waals surface area contributed by atoms with Gasteiger partial charge in [-0.25, -0.2) is 13.6 Å². The standard InChI is InChI=1S/C25H29N5O5S.ClH/c1-28(2)13-12-24(31)30(21-10-11-23(34-4)27-25(21)35-5)16-6-8-18-19-15-17(36(26,32)33)7-9-20(19)29(3)22(18)14-16;/h6-11,14-15H,12-13H2,1-5H3,(H2,26,32,33);1H. The van der Waals surface area contributed by atoms with E-state index in [0.29, 0.717) is 23.8 Å². The van der Waals surface area contributed by atoms with Crippen LogP contribution in [0.3, 0.4) is 0 Å². The summed E-state index contributed by atoms with van der Waals surface area (Å²) in [5.41, 5.74) is 2.76. The Morgan fingerprint density at radius 2 is 1.73 bits per heavy atom. The zero-order valence-corrected chi connectivity index (χ0v) is 22.9. The quantitative estimate of drug-likeness (QED) is 0.359. The van der Waals surface area contributed by atoms with Crippen LogP contribution < -0.4 is 19.5 Å². The molecule has 10 nitrogen and oxygen atoms in total. The Hall–Kier alpha value is -3.38. The first-order valence-corrected chi connectivity index (χ1v) is 12.7. The highest BCUT2D eigenvalue weighted by Crippen LogP contribution is 2.38. The van der Waals surface area contributed by atoms with E-state index in [0.717, 1.165) is 21.8 Å². The predicted octanol–water partition coefficient (Wildman–Crippen LogP) is 3.43. The number of anilines is 2. The maximum absolute atomic E-state index is 13.5. The van der Waals surface area contributed by atoms with Gasteiger partial charge in [0.1, 0.15) is 5.69 Å². The first kappa shape index (κ1) is 28.2. The number of fused-ring (bicyclic) bond motifs is 3. The van der Waals surface area contributed by atoms with E-state index in [2.05, 4.69) is 4.98 Å². The van der Waals surface area contributed by atoms with Gasteiger partial charge in [0.25, 0.3) is 0 Å². The highest BCUT2D eigenvalue weighted by atomic mass is 35.5. The fraction of sp³-hybridized carbons (Fsp3) is 0.280. The highest BCUT2D eigenvalue weighted by molar-refractivity contribution is 7.89. The summed E-state index contributed by atoms with van der Waals surface area (Å²) in [5, 5.41) is 6.93. The molecule has 0 aliphatic carbocycles. The van der Waals surface area contributed by atoms with Crippen LogP contribution >= 0.6 is 12.4 Å². The molecule has 0 radical (unpaired) electrons. The van der Waals surface area contributed by atoms with Crippen molar-refractivity contribution in [2.75, 3.05) is 39.8 Å². The average molecular weight is 548 g/mol. The second kappa shape index (κ2) is 10.9. The molecule has 198 valence electrons. The Bertz CT molecular complexity index is 1570. The third kappa shape index (κ3) is 5.49. The molecule has 0 spiro atoms. The normalized spacial score (nSPS) is 11.5. The summed E-state index contributed by atoms with van der Waals surface area (Å²) >= 11 is 0. The van der Waals surface area contributed by atoms with E-state index < -0.39 is 10.0 Å².